The molecule has 1 heterocycles. The van der Waals surface area contributed by atoms with Gasteiger partial charge < -0.3 is 14.7 Å². The van der Waals surface area contributed by atoms with E-state index in [-0.39, 0.29) is 12.5 Å². The summed E-state index contributed by atoms with van der Waals surface area (Å²) < 4.78 is 5.68. The lowest BCUT2D eigenvalue weighted by molar-refractivity contribution is -0.141. The lowest BCUT2D eigenvalue weighted by Gasteiger charge is -2.19. The van der Waals surface area contributed by atoms with Gasteiger partial charge in [-0.15, -0.1) is 0 Å². The molecule has 1 atom stereocenters. The van der Waals surface area contributed by atoms with Crippen LogP contribution >= 0.6 is 0 Å². The van der Waals surface area contributed by atoms with Crippen molar-refractivity contribution in [3.63, 3.8) is 0 Å². The van der Waals surface area contributed by atoms with E-state index in [1.807, 2.05) is 12.1 Å². The number of ether oxygens (including phenoxy) is 1. The number of hydrogen-bond acceptors (Lipinski definition) is 4. The Morgan fingerprint density at radius 1 is 1.29 bits per heavy atom. The van der Waals surface area contributed by atoms with Crippen LogP contribution in [0.1, 0.15) is 22.8 Å². The predicted octanol–water partition coefficient (Wildman–Crippen LogP) is 2.45. The van der Waals surface area contributed by atoms with Crippen LogP contribution in [-0.4, -0.2) is 40.5 Å². The number of carboxylic acids is 1. The molecule has 1 amide bonds. The highest BCUT2D eigenvalue weighted by molar-refractivity contribution is 5.94. The van der Waals surface area contributed by atoms with E-state index in [1.165, 1.54) is 4.90 Å². The summed E-state index contributed by atoms with van der Waals surface area (Å²) in [6, 6.07) is 10.6. The minimum absolute atomic E-state index is 0.148. The zero-order valence-electron chi connectivity index (χ0n) is 13.7. The third-order valence-electron chi connectivity index (χ3n) is 3.53. The first kappa shape index (κ1) is 17.5. The molecule has 0 radical (unpaired) electrons. The number of aromatic nitrogens is 1. The Bertz CT molecular complexity index is 703. The van der Waals surface area contributed by atoms with Crippen molar-refractivity contribution in [2.45, 2.75) is 13.5 Å². The Labute approximate surface area is 140 Å². The van der Waals surface area contributed by atoms with Crippen molar-refractivity contribution in [3.05, 3.63) is 59.9 Å². The molecule has 126 valence electrons. The molecule has 0 aliphatic rings. The number of carboxylic acid groups (broad SMARTS) is 1. The summed E-state index contributed by atoms with van der Waals surface area (Å²) in [7, 11) is 1.59. The molecule has 24 heavy (non-hydrogen) atoms. The van der Waals surface area contributed by atoms with Gasteiger partial charge in [-0.25, -0.2) is 0 Å². The summed E-state index contributed by atoms with van der Waals surface area (Å²) in [6.07, 6.45) is 3.41. The summed E-state index contributed by atoms with van der Waals surface area (Å²) in [4.78, 5) is 28.7. The standard InChI is InChI=1S/C18H20N2O4/c1-13(18(22)23)11-20(2)17(21)15-6-3-7-16(9-15)24-12-14-5-4-8-19-10-14/h3-10,13H,11-12H2,1-2H3,(H,22,23). The maximum atomic E-state index is 12.4. The van der Waals surface area contributed by atoms with Gasteiger partial charge >= 0.3 is 5.97 Å². The summed E-state index contributed by atoms with van der Waals surface area (Å²) in [6.45, 7) is 2.08. The van der Waals surface area contributed by atoms with E-state index in [4.69, 9.17) is 9.84 Å². The number of nitrogens with zero attached hydrogens (tertiary/aromatic N) is 2. The number of pyridine rings is 1. The molecule has 0 aliphatic carbocycles. The Morgan fingerprint density at radius 2 is 2.08 bits per heavy atom. The minimum atomic E-state index is -0.928. The van der Waals surface area contributed by atoms with E-state index in [9.17, 15) is 9.59 Å². The number of aliphatic carboxylic acids is 1. The monoisotopic (exact) mass is 328 g/mol. The van der Waals surface area contributed by atoms with Crippen molar-refractivity contribution in [1.29, 1.82) is 0 Å². The van der Waals surface area contributed by atoms with Crippen LogP contribution in [0.4, 0.5) is 0 Å². The highest BCUT2D eigenvalue weighted by atomic mass is 16.5. The molecule has 1 aromatic carbocycles. The van der Waals surface area contributed by atoms with Gasteiger partial charge in [0.2, 0.25) is 0 Å². The quantitative estimate of drug-likeness (QED) is 0.844. The van der Waals surface area contributed by atoms with Crippen molar-refractivity contribution in [2.24, 2.45) is 5.92 Å². The van der Waals surface area contributed by atoms with Crippen LogP contribution < -0.4 is 4.74 Å². The lowest BCUT2D eigenvalue weighted by atomic mass is 10.1. The molecule has 6 heteroatoms. The average Bonchev–Trinajstić information content (AvgIpc) is 2.60. The van der Waals surface area contributed by atoms with E-state index in [2.05, 4.69) is 4.98 Å². The van der Waals surface area contributed by atoms with Gasteiger partial charge in [0.15, 0.2) is 0 Å². The van der Waals surface area contributed by atoms with Gasteiger partial charge in [-0.2, -0.15) is 0 Å². The first-order valence-electron chi connectivity index (χ1n) is 7.57. The van der Waals surface area contributed by atoms with Gasteiger partial charge in [0.1, 0.15) is 12.4 Å². The maximum Gasteiger partial charge on any atom is 0.308 e. The van der Waals surface area contributed by atoms with Gasteiger partial charge in [0.25, 0.3) is 5.91 Å². The first-order chi connectivity index (χ1) is 11.5. The molecule has 0 saturated heterocycles. The molecule has 1 unspecified atom stereocenters. The van der Waals surface area contributed by atoms with Crippen LogP contribution in [0.5, 0.6) is 5.75 Å². The zero-order chi connectivity index (χ0) is 17.5. The van der Waals surface area contributed by atoms with Crippen molar-refractivity contribution in [1.82, 2.24) is 9.88 Å². The van der Waals surface area contributed by atoms with Gasteiger partial charge in [-0.3, -0.25) is 14.6 Å². The second kappa shape index (κ2) is 8.10. The Morgan fingerprint density at radius 3 is 2.75 bits per heavy atom. The molecular formula is C18H20N2O4. The second-order valence-corrected chi connectivity index (χ2v) is 5.60. The van der Waals surface area contributed by atoms with E-state index in [1.54, 1.807) is 50.6 Å². The fraction of sp³-hybridized carbons (Fsp3) is 0.278. The summed E-state index contributed by atoms with van der Waals surface area (Å²) in [5.41, 5.74) is 1.39. The smallest absolute Gasteiger partial charge is 0.308 e. The zero-order valence-corrected chi connectivity index (χ0v) is 13.7. The normalized spacial score (nSPS) is 11.6. The summed E-state index contributed by atoms with van der Waals surface area (Å²) in [5, 5.41) is 8.94. The predicted molar refractivity (Wildman–Crippen MR) is 88.8 cm³/mol. The van der Waals surface area contributed by atoms with Crippen LogP contribution in [0.3, 0.4) is 0 Å². The van der Waals surface area contributed by atoms with Gasteiger partial charge in [0, 0.05) is 37.1 Å². The number of benzene rings is 1. The van der Waals surface area contributed by atoms with Crippen LogP contribution in [0.2, 0.25) is 0 Å². The van der Waals surface area contributed by atoms with Crippen molar-refractivity contribution >= 4 is 11.9 Å². The second-order valence-electron chi connectivity index (χ2n) is 5.60. The number of carbonyl (C=O) groups excluding carboxylic acids is 1. The molecule has 2 rings (SSSR count). The lowest BCUT2D eigenvalue weighted by Crippen LogP contribution is -2.33. The fourth-order valence-corrected chi connectivity index (χ4v) is 2.16. The molecule has 2 aromatic rings. The van der Waals surface area contributed by atoms with Gasteiger partial charge in [-0.05, 0) is 24.3 Å². The topological polar surface area (TPSA) is 79.7 Å². The van der Waals surface area contributed by atoms with Crippen LogP contribution in [0, 0.1) is 5.92 Å². The maximum absolute atomic E-state index is 12.4. The number of amides is 1. The molecule has 1 N–H and O–H groups in total. The largest absolute Gasteiger partial charge is 0.489 e. The molecule has 0 spiro atoms. The van der Waals surface area contributed by atoms with E-state index < -0.39 is 11.9 Å². The molecule has 6 nitrogen and oxygen atoms in total. The molecule has 0 fully saturated rings. The number of rotatable bonds is 7. The molecular weight excluding hydrogens is 308 g/mol. The molecule has 1 aromatic heterocycles. The van der Waals surface area contributed by atoms with E-state index >= 15 is 0 Å². The van der Waals surface area contributed by atoms with Crippen LogP contribution in [0.15, 0.2) is 48.8 Å². The van der Waals surface area contributed by atoms with Crippen molar-refractivity contribution in [2.75, 3.05) is 13.6 Å². The fourth-order valence-electron chi connectivity index (χ4n) is 2.16. The van der Waals surface area contributed by atoms with Crippen molar-refractivity contribution in [3.8, 4) is 5.75 Å². The SMILES string of the molecule is CC(CN(C)C(=O)c1cccc(OCc2cccnc2)c1)C(=O)O. The average molecular weight is 328 g/mol. The van der Waals surface area contributed by atoms with Crippen molar-refractivity contribution < 1.29 is 19.4 Å². The third kappa shape index (κ3) is 4.81. The highest BCUT2D eigenvalue weighted by Crippen LogP contribution is 2.16. The minimum Gasteiger partial charge on any atom is -0.489 e. The Hall–Kier alpha value is -2.89. The highest BCUT2D eigenvalue weighted by Gasteiger charge is 2.18. The molecule has 0 aliphatic heterocycles. The van der Waals surface area contributed by atoms with Gasteiger partial charge in [0.05, 0.1) is 5.92 Å². The Balaban J connectivity index is 2.01. The van der Waals surface area contributed by atoms with Crippen LogP contribution in [-0.2, 0) is 11.4 Å². The number of carbonyl (C=O) groups is 2. The summed E-state index contributed by atoms with van der Waals surface area (Å²) in [5.74, 6) is -1.22. The Kier molecular flexibility index (Phi) is 5.89. The first-order valence-corrected chi connectivity index (χ1v) is 7.57. The van der Waals surface area contributed by atoms with Gasteiger partial charge in [-0.1, -0.05) is 19.1 Å². The van der Waals surface area contributed by atoms with Crippen LogP contribution in [0.25, 0.3) is 0 Å². The third-order valence-corrected chi connectivity index (χ3v) is 3.53. The molecule has 0 bridgehead atoms. The van der Waals surface area contributed by atoms with E-state index in [0.717, 1.165) is 5.56 Å². The summed E-state index contributed by atoms with van der Waals surface area (Å²) >= 11 is 0. The van der Waals surface area contributed by atoms with E-state index in [0.29, 0.717) is 17.9 Å². The molecule has 0 saturated carbocycles. The number of hydrogen-bond donors (Lipinski definition) is 1.